The quantitative estimate of drug-likeness (QED) is 0.862. The van der Waals surface area contributed by atoms with Crippen LogP contribution in [0.3, 0.4) is 0 Å². The van der Waals surface area contributed by atoms with Crippen molar-refractivity contribution in [3.05, 3.63) is 35.6 Å². The number of aryl methyl sites for hydroxylation is 1. The minimum absolute atomic E-state index is 0.0944. The van der Waals surface area contributed by atoms with Gasteiger partial charge < -0.3 is 14.5 Å². The molecule has 22 heavy (non-hydrogen) atoms. The van der Waals surface area contributed by atoms with Gasteiger partial charge in [0.1, 0.15) is 5.58 Å². The molecule has 1 aliphatic rings. The molecule has 1 amide bonds. The van der Waals surface area contributed by atoms with E-state index in [4.69, 9.17) is 9.15 Å². The Balaban J connectivity index is 1.61. The number of amides is 1. The number of fused-ring (bicyclic) bond motifs is 1. The largest absolute Gasteiger partial charge is 0.464 e. The number of nitrogens with one attached hydrogen (secondary N) is 1. The molecule has 1 fully saturated rings. The molecule has 1 N–H and O–H groups in total. The van der Waals surface area contributed by atoms with Crippen LogP contribution in [0, 0.1) is 6.92 Å². The first-order valence-corrected chi connectivity index (χ1v) is 7.49. The van der Waals surface area contributed by atoms with E-state index in [0.717, 1.165) is 34.9 Å². The van der Waals surface area contributed by atoms with E-state index in [1.54, 1.807) is 13.2 Å². The second-order valence-electron chi connectivity index (χ2n) is 5.85. The summed E-state index contributed by atoms with van der Waals surface area (Å²) in [5, 5.41) is 3.72. The Morgan fingerprint density at radius 2 is 2.18 bits per heavy atom. The molecule has 0 radical (unpaired) electrons. The molecule has 5 nitrogen and oxygen atoms in total. The summed E-state index contributed by atoms with van der Waals surface area (Å²) in [6, 6.07) is 6.09. The molecule has 0 bridgehead atoms. The molecule has 5 heteroatoms. The summed E-state index contributed by atoms with van der Waals surface area (Å²) in [5.74, 6) is -0.662. The van der Waals surface area contributed by atoms with E-state index >= 15 is 0 Å². The Morgan fingerprint density at radius 1 is 1.41 bits per heavy atom. The van der Waals surface area contributed by atoms with Crippen LogP contribution >= 0.6 is 0 Å². The van der Waals surface area contributed by atoms with Crippen LogP contribution in [-0.2, 0) is 20.7 Å². The molecule has 1 atom stereocenters. The van der Waals surface area contributed by atoms with Gasteiger partial charge in [0.25, 0.3) is 5.91 Å². The fraction of sp³-hybridized carbons (Fsp3) is 0.412. The van der Waals surface area contributed by atoms with E-state index in [0.29, 0.717) is 0 Å². The Morgan fingerprint density at radius 3 is 2.91 bits per heavy atom. The summed E-state index contributed by atoms with van der Waals surface area (Å²) in [6.45, 7) is 3.57. The predicted molar refractivity (Wildman–Crippen MR) is 81.4 cm³/mol. The number of hydrogen-bond donors (Lipinski definition) is 1. The maximum absolute atomic E-state index is 12.0. The molecule has 1 saturated carbocycles. The molecule has 1 heterocycles. The molecule has 1 aliphatic carbocycles. The fourth-order valence-electron chi connectivity index (χ4n) is 2.32. The van der Waals surface area contributed by atoms with Crippen LogP contribution in [0.4, 0.5) is 0 Å². The van der Waals surface area contributed by atoms with Crippen molar-refractivity contribution in [3.8, 4) is 0 Å². The van der Waals surface area contributed by atoms with Gasteiger partial charge in [0, 0.05) is 17.0 Å². The van der Waals surface area contributed by atoms with Crippen molar-refractivity contribution in [2.45, 2.75) is 45.3 Å². The first-order valence-electron chi connectivity index (χ1n) is 7.49. The van der Waals surface area contributed by atoms with Crippen molar-refractivity contribution >= 4 is 22.8 Å². The number of benzene rings is 1. The van der Waals surface area contributed by atoms with E-state index < -0.39 is 12.1 Å². The number of hydrogen-bond acceptors (Lipinski definition) is 4. The normalized spacial score (nSPS) is 15.5. The van der Waals surface area contributed by atoms with Crippen LogP contribution in [0.1, 0.15) is 30.9 Å². The molecule has 0 saturated heterocycles. The van der Waals surface area contributed by atoms with Gasteiger partial charge in [-0.1, -0.05) is 12.1 Å². The third-order valence-corrected chi connectivity index (χ3v) is 3.75. The number of carbonyl (C=O) groups is 2. The topological polar surface area (TPSA) is 68.5 Å². The zero-order valence-corrected chi connectivity index (χ0v) is 12.7. The Kier molecular flexibility index (Phi) is 3.88. The Hall–Kier alpha value is -2.30. The highest BCUT2D eigenvalue weighted by atomic mass is 16.5. The summed E-state index contributed by atoms with van der Waals surface area (Å²) in [7, 11) is 0. The molecular weight excluding hydrogens is 282 g/mol. The van der Waals surface area contributed by atoms with Crippen molar-refractivity contribution in [2.24, 2.45) is 0 Å². The minimum Gasteiger partial charge on any atom is -0.464 e. The van der Waals surface area contributed by atoms with Gasteiger partial charge in [0.15, 0.2) is 6.10 Å². The van der Waals surface area contributed by atoms with E-state index in [1.165, 1.54) is 0 Å². The fourth-order valence-corrected chi connectivity index (χ4v) is 2.32. The van der Waals surface area contributed by atoms with Crippen molar-refractivity contribution < 1.29 is 18.7 Å². The molecule has 2 aromatic rings. The Bertz CT molecular complexity index is 715. The zero-order chi connectivity index (χ0) is 15.7. The van der Waals surface area contributed by atoms with Crippen LogP contribution in [0.25, 0.3) is 11.0 Å². The van der Waals surface area contributed by atoms with Crippen molar-refractivity contribution in [2.75, 3.05) is 0 Å². The SMILES string of the molecule is Cc1ccc2c(CC(=O)O[C@H](C)C(=O)NC3CC3)coc2c1. The van der Waals surface area contributed by atoms with Gasteiger partial charge in [-0.2, -0.15) is 0 Å². The lowest BCUT2D eigenvalue weighted by Crippen LogP contribution is -2.37. The number of rotatable bonds is 5. The van der Waals surface area contributed by atoms with Gasteiger partial charge in [-0.3, -0.25) is 9.59 Å². The highest BCUT2D eigenvalue weighted by Crippen LogP contribution is 2.23. The number of furan rings is 1. The molecule has 1 aromatic heterocycles. The highest BCUT2D eigenvalue weighted by Gasteiger charge is 2.27. The van der Waals surface area contributed by atoms with E-state index in [-0.39, 0.29) is 18.4 Å². The van der Waals surface area contributed by atoms with Crippen LogP contribution in [-0.4, -0.2) is 24.0 Å². The average Bonchev–Trinajstić information content (AvgIpc) is 3.20. The third kappa shape index (κ3) is 3.30. The second kappa shape index (κ2) is 5.83. The summed E-state index contributed by atoms with van der Waals surface area (Å²) in [6.07, 6.45) is 2.91. The van der Waals surface area contributed by atoms with E-state index in [9.17, 15) is 9.59 Å². The number of esters is 1. The molecule has 0 aliphatic heterocycles. The van der Waals surface area contributed by atoms with E-state index in [1.807, 2.05) is 25.1 Å². The molecule has 0 unspecified atom stereocenters. The molecule has 3 rings (SSSR count). The van der Waals surface area contributed by atoms with Gasteiger partial charge in [-0.15, -0.1) is 0 Å². The van der Waals surface area contributed by atoms with Crippen LogP contribution in [0.5, 0.6) is 0 Å². The van der Waals surface area contributed by atoms with Crippen LogP contribution in [0.15, 0.2) is 28.9 Å². The van der Waals surface area contributed by atoms with Crippen molar-refractivity contribution in [1.82, 2.24) is 5.32 Å². The van der Waals surface area contributed by atoms with Gasteiger partial charge in [0.05, 0.1) is 12.7 Å². The van der Waals surface area contributed by atoms with Gasteiger partial charge >= 0.3 is 5.97 Å². The summed E-state index contributed by atoms with van der Waals surface area (Å²) in [5.41, 5.74) is 2.62. The van der Waals surface area contributed by atoms with Crippen molar-refractivity contribution in [3.63, 3.8) is 0 Å². The highest BCUT2D eigenvalue weighted by molar-refractivity contribution is 5.88. The zero-order valence-electron chi connectivity index (χ0n) is 12.7. The molecule has 1 aromatic carbocycles. The summed E-state index contributed by atoms with van der Waals surface area (Å²) >= 11 is 0. The van der Waals surface area contributed by atoms with Gasteiger partial charge in [-0.25, -0.2) is 0 Å². The molecule has 116 valence electrons. The van der Waals surface area contributed by atoms with Crippen LogP contribution < -0.4 is 5.32 Å². The third-order valence-electron chi connectivity index (χ3n) is 3.75. The van der Waals surface area contributed by atoms with Gasteiger partial charge in [-0.05, 0) is 38.3 Å². The first kappa shape index (κ1) is 14.6. The lowest BCUT2D eigenvalue weighted by Gasteiger charge is -2.12. The van der Waals surface area contributed by atoms with E-state index in [2.05, 4.69) is 5.32 Å². The van der Waals surface area contributed by atoms with Crippen molar-refractivity contribution in [1.29, 1.82) is 0 Å². The predicted octanol–water partition coefficient (Wildman–Crippen LogP) is 2.49. The van der Waals surface area contributed by atoms with Gasteiger partial charge in [0.2, 0.25) is 0 Å². The monoisotopic (exact) mass is 301 g/mol. The minimum atomic E-state index is -0.770. The Labute approximate surface area is 128 Å². The summed E-state index contributed by atoms with van der Waals surface area (Å²) < 4.78 is 10.7. The lowest BCUT2D eigenvalue weighted by molar-refractivity contribution is -0.154. The maximum atomic E-state index is 12.0. The summed E-state index contributed by atoms with van der Waals surface area (Å²) in [4.78, 5) is 23.8. The standard InChI is InChI=1S/C17H19NO4/c1-10-3-6-14-12(9-21-15(14)7-10)8-16(19)22-11(2)17(20)18-13-4-5-13/h3,6-7,9,11,13H,4-5,8H2,1-2H3,(H,18,20)/t11-/m1/s1. The molecule has 0 spiro atoms. The lowest BCUT2D eigenvalue weighted by atomic mass is 10.1. The smallest absolute Gasteiger partial charge is 0.311 e. The molecular formula is C17H19NO4. The number of carbonyl (C=O) groups excluding carboxylic acids is 2. The second-order valence-corrected chi connectivity index (χ2v) is 5.85. The first-order chi connectivity index (χ1) is 10.5. The van der Waals surface area contributed by atoms with Crippen LogP contribution in [0.2, 0.25) is 0 Å². The average molecular weight is 301 g/mol. The maximum Gasteiger partial charge on any atom is 0.311 e. The number of ether oxygens (including phenoxy) is 1.